The predicted molar refractivity (Wildman–Crippen MR) is 85.7 cm³/mol. The lowest BCUT2D eigenvalue weighted by atomic mass is 10.0. The van der Waals surface area contributed by atoms with Crippen LogP contribution in [0.4, 0.5) is 0 Å². The maximum atomic E-state index is 12.7. The van der Waals surface area contributed by atoms with Crippen LogP contribution in [0.3, 0.4) is 0 Å². The van der Waals surface area contributed by atoms with Gasteiger partial charge in [-0.3, -0.25) is 9.59 Å². The van der Waals surface area contributed by atoms with Crippen molar-refractivity contribution in [3.63, 3.8) is 0 Å². The summed E-state index contributed by atoms with van der Waals surface area (Å²) in [5, 5.41) is 0. The third-order valence-electron chi connectivity index (χ3n) is 3.60. The Bertz CT molecular complexity index is 808. The summed E-state index contributed by atoms with van der Waals surface area (Å²) in [7, 11) is 0. The third-order valence-corrected chi connectivity index (χ3v) is 3.60. The highest BCUT2D eigenvalue weighted by Gasteiger charge is 2.27. The van der Waals surface area contributed by atoms with E-state index in [1.54, 1.807) is 43.7 Å². The Morgan fingerprint density at radius 1 is 1.21 bits per heavy atom. The van der Waals surface area contributed by atoms with Gasteiger partial charge in [-0.1, -0.05) is 0 Å². The van der Waals surface area contributed by atoms with Crippen LogP contribution < -0.4 is 10.3 Å². The SMILES string of the molecule is CCOC(=O)c1c(C)[nH]c(C)c1C(=O)C[n+]1cccc(C(N)=O)c1. The number of pyridine rings is 1. The summed E-state index contributed by atoms with van der Waals surface area (Å²) in [5.41, 5.74) is 7.31. The number of rotatable bonds is 6. The van der Waals surface area contributed by atoms with E-state index in [1.807, 2.05) is 0 Å². The van der Waals surface area contributed by atoms with Gasteiger partial charge in [0.05, 0.1) is 17.7 Å². The fourth-order valence-corrected chi connectivity index (χ4v) is 2.60. The number of nitrogens with two attached hydrogens (primary N) is 1. The molecular weight excluding hydrogens is 310 g/mol. The van der Waals surface area contributed by atoms with Gasteiger partial charge in [0.25, 0.3) is 5.91 Å². The molecule has 0 radical (unpaired) electrons. The van der Waals surface area contributed by atoms with Crippen molar-refractivity contribution in [2.24, 2.45) is 5.73 Å². The topological polar surface area (TPSA) is 106 Å². The molecule has 0 atom stereocenters. The Hall–Kier alpha value is -2.96. The van der Waals surface area contributed by atoms with Gasteiger partial charge in [0.15, 0.2) is 12.4 Å². The molecule has 2 aromatic heterocycles. The first-order chi connectivity index (χ1) is 11.3. The summed E-state index contributed by atoms with van der Waals surface area (Å²) in [6.45, 7) is 5.36. The molecule has 7 heteroatoms. The number of amides is 1. The molecule has 0 unspecified atom stereocenters. The number of carbonyl (C=O) groups excluding carboxylic acids is 3. The number of hydrogen-bond acceptors (Lipinski definition) is 4. The average molecular weight is 330 g/mol. The molecule has 0 fully saturated rings. The minimum absolute atomic E-state index is 0.0222. The number of ether oxygens (including phenoxy) is 1. The van der Waals surface area contributed by atoms with Crippen LogP contribution in [-0.4, -0.2) is 29.3 Å². The molecule has 3 N–H and O–H groups in total. The molecule has 24 heavy (non-hydrogen) atoms. The number of H-pyrrole nitrogens is 1. The van der Waals surface area contributed by atoms with E-state index in [9.17, 15) is 14.4 Å². The highest BCUT2D eigenvalue weighted by Crippen LogP contribution is 2.20. The van der Waals surface area contributed by atoms with Gasteiger partial charge >= 0.3 is 5.97 Å². The number of aryl methyl sites for hydroxylation is 2. The molecule has 0 aromatic carbocycles. The standard InChI is InChI=1S/C17H19N3O4/c1-4-24-17(23)15-11(3)19-10(2)14(15)13(21)9-20-7-5-6-12(8-20)16(18)22/h5-8H,4,9H2,1-3H3,(H2-,18,19,21,22,23)/p+1. The summed E-state index contributed by atoms with van der Waals surface area (Å²) in [5.74, 6) is -1.36. The number of ketones is 1. The molecule has 126 valence electrons. The molecule has 0 aliphatic rings. The zero-order valence-corrected chi connectivity index (χ0v) is 13.9. The van der Waals surface area contributed by atoms with Crippen molar-refractivity contribution < 1.29 is 23.7 Å². The fourth-order valence-electron chi connectivity index (χ4n) is 2.60. The van der Waals surface area contributed by atoms with E-state index in [2.05, 4.69) is 4.98 Å². The van der Waals surface area contributed by atoms with Crippen molar-refractivity contribution in [1.29, 1.82) is 0 Å². The molecule has 0 saturated heterocycles. The van der Waals surface area contributed by atoms with Crippen molar-refractivity contribution in [3.8, 4) is 0 Å². The molecule has 0 aliphatic carbocycles. The van der Waals surface area contributed by atoms with E-state index in [1.165, 1.54) is 6.20 Å². The first kappa shape index (κ1) is 17.4. The van der Waals surface area contributed by atoms with E-state index in [-0.39, 0.29) is 24.5 Å². The van der Waals surface area contributed by atoms with E-state index < -0.39 is 11.9 Å². The van der Waals surface area contributed by atoms with Crippen LogP contribution in [0, 0.1) is 13.8 Å². The van der Waals surface area contributed by atoms with Crippen LogP contribution in [0.2, 0.25) is 0 Å². The van der Waals surface area contributed by atoms with Gasteiger partial charge in [-0.15, -0.1) is 0 Å². The maximum Gasteiger partial charge on any atom is 0.340 e. The van der Waals surface area contributed by atoms with Crippen LogP contribution in [0.15, 0.2) is 24.5 Å². The molecule has 0 bridgehead atoms. The summed E-state index contributed by atoms with van der Waals surface area (Å²) in [6, 6.07) is 3.20. The quantitative estimate of drug-likeness (QED) is 0.469. The van der Waals surface area contributed by atoms with Crippen molar-refractivity contribution in [1.82, 2.24) is 4.98 Å². The number of Topliss-reactive ketones (excluding diaryl/α,β-unsaturated/α-hetero) is 1. The van der Waals surface area contributed by atoms with Crippen molar-refractivity contribution in [2.45, 2.75) is 27.3 Å². The molecule has 2 aromatic rings. The molecule has 2 rings (SSSR count). The molecule has 7 nitrogen and oxygen atoms in total. The van der Waals surface area contributed by atoms with Gasteiger partial charge in [0, 0.05) is 17.5 Å². The lowest BCUT2D eigenvalue weighted by molar-refractivity contribution is -0.683. The smallest absolute Gasteiger partial charge is 0.340 e. The second kappa shape index (κ2) is 7.08. The minimum Gasteiger partial charge on any atom is -0.462 e. The normalized spacial score (nSPS) is 10.5. The van der Waals surface area contributed by atoms with Crippen LogP contribution in [-0.2, 0) is 11.3 Å². The first-order valence-corrected chi connectivity index (χ1v) is 7.53. The zero-order chi connectivity index (χ0) is 17.9. The lowest BCUT2D eigenvalue weighted by Gasteiger charge is -2.04. The van der Waals surface area contributed by atoms with E-state index in [4.69, 9.17) is 10.5 Å². The maximum absolute atomic E-state index is 12.7. The lowest BCUT2D eigenvalue weighted by Crippen LogP contribution is -2.39. The number of primary amides is 1. The van der Waals surface area contributed by atoms with Gasteiger partial charge in [-0.05, 0) is 26.8 Å². The molecule has 0 saturated carbocycles. The molecule has 0 spiro atoms. The number of nitrogens with one attached hydrogen (secondary N) is 1. The van der Waals surface area contributed by atoms with Crippen LogP contribution in [0.1, 0.15) is 49.4 Å². The fraction of sp³-hybridized carbons (Fsp3) is 0.294. The number of aromatic amines is 1. The number of nitrogens with zero attached hydrogens (tertiary/aromatic N) is 1. The second-order valence-corrected chi connectivity index (χ2v) is 5.40. The van der Waals surface area contributed by atoms with Crippen molar-refractivity contribution in [3.05, 3.63) is 52.6 Å². The van der Waals surface area contributed by atoms with E-state index >= 15 is 0 Å². The number of hydrogen-bond donors (Lipinski definition) is 2. The Balaban J connectivity index is 2.35. The van der Waals surface area contributed by atoms with Crippen LogP contribution in [0.25, 0.3) is 0 Å². The van der Waals surface area contributed by atoms with E-state index in [0.717, 1.165) is 0 Å². The van der Waals surface area contributed by atoms with Crippen molar-refractivity contribution in [2.75, 3.05) is 6.61 Å². The number of carbonyl (C=O) groups is 3. The van der Waals surface area contributed by atoms with Gasteiger partial charge in [0.1, 0.15) is 5.56 Å². The van der Waals surface area contributed by atoms with Gasteiger partial charge in [0.2, 0.25) is 12.3 Å². The Kier molecular flexibility index (Phi) is 5.13. The number of aromatic nitrogens is 2. The highest BCUT2D eigenvalue weighted by molar-refractivity contribution is 6.07. The molecule has 2 heterocycles. The third kappa shape index (κ3) is 3.51. The van der Waals surface area contributed by atoms with Gasteiger partial charge in [-0.2, -0.15) is 4.57 Å². The van der Waals surface area contributed by atoms with Crippen LogP contribution >= 0.6 is 0 Å². The zero-order valence-electron chi connectivity index (χ0n) is 13.9. The Morgan fingerprint density at radius 3 is 2.50 bits per heavy atom. The van der Waals surface area contributed by atoms with Crippen molar-refractivity contribution >= 4 is 17.7 Å². The predicted octanol–water partition coefficient (Wildman–Crippen LogP) is 1.08. The van der Waals surface area contributed by atoms with Gasteiger partial charge in [-0.25, -0.2) is 4.79 Å². The molecular formula is C17H20N3O4+. The first-order valence-electron chi connectivity index (χ1n) is 7.53. The summed E-state index contributed by atoms with van der Waals surface area (Å²) in [6.07, 6.45) is 3.16. The second-order valence-electron chi connectivity index (χ2n) is 5.40. The monoisotopic (exact) mass is 330 g/mol. The highest BCUT2D eigenvalue weighted by atomic mass is 16.5. The largest absolute Gasteiger partial charge is 0.462 e. The average Bonchev–Trinajstić information content (AvgIpc) is 2.82. The van der Waals surface area contributed by atoms with E-state index in [0.29, 0.717) is 22.5 Å². The number of esters is 1. The summed E-state index contributed by atoms with van der Waals surface area (Å²) < 4.78 is 6.59. The van der Waals surface area contributed by atoms with Gasteiger partial charge < -0.3 is 15.5 Å². The molecule has 1 amide bonds. The van der Waals surface area contributed by atoms with Crippen LogP contribution in [0.5, 0.6) is 0 Å². The molecule has 0 aliphatic heterocycles. The summed E-state index contributed by atoms with van der Waals surface area (Å²) >= 11 is 0. The Morgan fingerprint density at radius 2 is 1.88 bits per heavy atom. The Labute approximate surface area is 139 Å². The minimum atomic E-state index is -0.572. The summed E-state index contributed by atoms with van der Waals surface area (Å²) in [4.78, 5) is 39.1.